The van der Waals surface area contributed by atoms with Gasteiger partial charge in [-0.15, -0.1) is 0 Å². The molecule has 0 saturated carbocycles. The van der Waals surface area contributed by atoms with Crippen molar-refractivity contribution in [1.82, 2.24) is 9.80 Å². The van der Waals surface area contributed by atoms with Crippen molar-refractivity contribution in [2.24, 2.45) is 0 Å². The smallest absolute Gasteiger partial charge is 0.293 e. The van der Waals surface area contributed by atoms with Gasteiger partial charge in [-0.3, -0.25) is 19.7 Å². The van der Waals surface area contributed by atoms with Gasteiger partial charge in [0.05, 0.1) is 18.1 Å². The molecule has 32 heavy (non-hydrogen) atoms. The lowest BCUT2D eigenvalue weighted by Gasteiger charge is -2.36. The van der Waals surface area contributed by atoms with Crippen molar-refractivity contribution in [2.45, 2.75) is 0 Å². The molecule has 9 nitrogen and oxygen atoms in total. The van der Waals surface area contributed by atoms with Crippen LogP contribution in [-0.4, -0.2) is 79.0 Å². The first-order chi connectivity index (χ1) is 15.4. The van der Waals surface area contributed by atoms with Gasteiger partial charge in [0.25, 0.3) is 17.5 Å². The Kier molecular flexibility index (Phi) is 6.57. The lowest BCUT2D eigenvalue weighted by Crippen LogP contribution is -2.49. The molecule has 2 aromatic rings. The van der Waals surface area contributed by atoms with E-state index in [1.54, 1.807) is 46.2 Å². The molecule has 2 aliphatic heterocycles. The fourth-order valence-electron chi connectivity index (χ4n) is 3.94. The summed E-state index contributed by atoms with van der Waals surface area (Å²) in [5.74, 6) is -0.330. The lowest BCUT2D eigenvalue weighted by atomic mass is 10.1. The van der Waals surface area contributed by atoms with Crippen LogP contribution < -0.4 is 4.90 Å². The molecule has 4 rings (SSSR count). The van der Waals surface area contributed by atoms with E-state index in [1.807, 2.05) is 4.90 Å². The molecular weight excluding hydrogens is 436 g/mol. The Morgan fingerprint density at radius 2 is 1.41 bits per heavy atom. The van der Waals surface area contributed by atoms with Crippen LogP contribution in [0, 0.1) is 10.1 Å². The monoisotopic (exact) mass is 458 g/mol. The number of ether oxygens (including phenoxy) is 1. The second-order valence-electron chi connectivity index (χ2n) is 7.65. The highest BCUT2D eigenvalue weighted by Crippen LogP contribution is 2.31. The normalized spacial score (nSPS) is 16.7. The number of rotatable bonds is 4. The third kappa shape index (κ3) is 4.68. The Morgan fingerprint density at radius 3 is 2.03 bits per heavy atom. The van der Waals surface area contributed by atoms with Gasteiger partial charge >= 0.3 is 0 Å². The van der Waals surface area contributed by atoms with Gasteiger partial charge in [-0.25, -0.2) is 0 Å². The number of amides is 2. The number of nitrogens with zero attached hydrogens (tertiary/aromatic N) is 4. The maximum absolute atomic E-state index is 12.7. The second kappa shape index (κ2) is 9.54. The first kappa shape index (κ1) is 22.0. The van der Waals surface area contributed by atoms with Gasteiger partial charge < -0.3 is 19.4 Å². The number of carbonyl (C=O) groups is 2. The Hall–Kier alpha value is -3.17. The van der Waals surface area contributed by atoms with Crippen LogP contribution in [-0.2, 0) is 4.74 Å². The molecule has 2 saturated heterocycles. The first-order valence-electron chi connectivity index (χ1n) is 10.4. The SMILES string of the molecule is O=C(c1ccc(N2CCN(C(=O)c3ccc(Cl)cc3)CC2)c([N+](=O)[O-])c1)N1CCOCC1. The van der Waals surface area contributed by atoms with Crippen LogP contribution in [0.4, 0.5) is 11.4 Å². The summed E-state index contributed by atoms with van der Waals surface area (Å²) in [6, 6.07) is 11.3. The van der Waals surface area contributed by atoms with E-state index in [9.17, 15) is 19.7 Å². The van der Waals surface area contributed by atoms with Gasteiger partial charge in [0.2, 0.25) is 0 Å². The van der Waals surface area contributed by atoms with Crippen molar-refractivity contribution in [1.29, 1.82) is 0 Å². The fraction of sp³-hybridized carbons (Fsp3) is 0.364. The number of halogens is 1. The maximum atomic E-state index is 12.7. The highest BCUT2D eigenvalue weighted by molar-refractivity contribution is 6.30. The maximum Gasteiger partial charge on any atom is 0.293 e. The van der Waals surface area contributed by atoms with Gasteiger partial charge in [-0.2, -0.15) is 0 Å². The zero-order valence-corrected chi connectivity index (χ0v) is 18.2. The molecular formula is C22H23ClN4O5. The number of carbonyl (C=O) groups excluding carboxylic acids is 2. The molecule has 2 amide bonds. The number of morpholine rings is 1. The van der Waals surface area contributed by atoms with E-state index in [-0.39, 0.29) is 17.5 Å². The van der Waals surface area contributed by atoms with Crippen molar-refractivity contribution < 1.29 is 19.2 Å². The average molecular weight is 459 g/mol. The van der Waals surface area contributed by atoms with Crippen molar-refractivity contribution in [3.63, 3.8) is 0 Å². The van der Waals surface area contributed by atoms with E-state index in [1.165, 1.54) is 6.07 Å². The molecule has 2 heterocycles. The van der Waals surface area contributed by atoms with Crippen molar-refractivity contribution in [3.05, 3.63) is 68.7 Å². The zero-order chi connectivity index (χ0) is 22.7. The van der Waals surface area contributed by atoms with Crippen LogP contribution in [0.5, 0.6) is 0 Å². The van der Waals surface area contributed by atoms with Crippen LogP contribution in [0.3, 0.4) is 0 Å². The molecule has 0 bridgehead atoms. The molecule has 0 spiro atoms. The number of hydrogen-bond acceptors (Lipinski definition) is 6. The van der Waals surface area contributed by atoms with Crippen LogP contribution in [0.25, 0.3) is 0 Å². The molecule has 10 heteroatoms. The number of nitro groups is 1. The molecule has 2 fully saturated rings. The van der Waals surface area contributed by atoms with Gasteiger partial charge in [0.15, 0.2) is 0 Å². The van der Waals surface area contributed by atoms with Crippen molar-refractivity contribution >= 4 is 34.8 Å². The quantitative estimate of drug-likeness (QED) is 0.516. The van der Waals surface area contributed by atoms with Crippen LogP contribution in [0.15, 0.2) is 42.5 Å². The Morgan fingerprint density at radius 1 is 0.844 bits per heavy atom. The standard InChI is InChI=1S/C22H23ClN4O5/c23-18-4-1-16(2-5-18)21(28)25-9-7-24(8-10-25)19-6-3-17(15-20(19)27(30)31)22(29)26-11-13-32-14-12-26/h1-6,15H,7-14H2. The summed E-state index contributed by atoms with van der Waals surface area (Å²) >= 11 is 5.89. The third-order valence-corrected chi connectivity index (χ3v) is 5.97. The minimum Gasteiger partial charge on any atom is -0.378 e. The minimum absolute atomic E-state index is 0.0951. The van der Waals surface area contributed by atoms with E-state index in [4.69, 9.17) is 16.3 Å². The molecule has 0 radical (unpaired) electrons. The predicted octanol–water partition coefficient (Wildman–Crippen LogP) is 2.68. The van der Waals surface area contributed by atoms with E-state index in [0.717, 1.165) is 0 Å². The van der Waals surface area contributed by atoms with Crippen LogP contribution >= 0.6 is 11.6 Å². The van der Waals surface area contributed by atoms with E-state index >= 15 is 0 Å². The molecule has 2 aromatic carbocycles. The molecule has 0 N–H and O–H groups in total. The van der Waals surface area contributed by atoms with E-state index in [0.29, 0.717) is 74.3 Å². The first-order valence-corrected chi connectivity index (χ1v) is 10.8. The molecule has 0 aliphatic carbocycles. The topological polar surface area (TPSA) is 96.2 Å². The summed E-state index contributed by atoms with van der Waals surface area (Å²) in [4.78, 5) is 42.0. The van der Waals surface area contributed by atoms with Crippen LogP contribution in [0.1, 0.15) is 20.7 Å². The van der Waals surface area contributed by atoms with Gasteiger partial charge in [0, 0.05) is 61.5 Å². The molecule has 2 aliphatic rings. The van der Waals surface area contributed by atoms with Gasteiger partial charge in [-0.1, -0.05) is 11.6 Å². The van der Waals surface area contributed by atoms with Gasteiger partial charge in [-0.05, 0) is 36.4 Å². The summed E-state index contributed by atoms with van der Waals surface area (Å²) in [5.41, 5.74) is 1.19. The van der Waals surface area contributed by atoms with E-state index in [2.05, 4.69) is 0 Å². The highest BCUT2D eigenvalue weighted by atomic mass is 35.5. The van der Waals surface area contributed by atoms with E-state index < -0.39 is 4.92 Å². The second-order valence-corrected chi connectivity index (χ2v) is 8.09. The number of anilines is 1. The Labute approximate surface area is 190 Å². The summed E-state index contributed by atoms with van der Waals surface area (Å²) in [6.45, 7) is 3.65. The molecule has 168 valence electrons. The molecule has 0 atom stereocenters. The Balaban J connectivity index is 1.46. The number of piperazine rings is 1. The zero-order valence-electron chi connectivity index (χ0n) is 17.4. The summed E-state index contributed by atoms with van der Waals surface area (Å²) in [7, 11) is 0. The minimum atomic E-state index is -0.462. The highest BCUT2D eigenvalue weighted by Gasteiger charge is 2.28. The summed E-state index contributed by atoms with van der Waals surface area (Å²) < 4.78 is 5.26. The number of nitro benzene ring substituents is 1. The predicted molar refractivity (Wildman–Crippen MR) is 119 cm³/mol. The van der Waals surface area contributed by atoms with Gasteiger partial charge in [0.1, 0.15) is 5.69 Å². The summed E-state index contributed by atoms with van der Waals surface area (Å²) in [6.07, 6.45) is 0. The van der Waals surface area contributed by atoms with Crippen molar-refractivity contribution in [3.8, 4) is 0 Å². The largest absolute Gasteiger partial charge is 0.378 e. The number of hydrogen-bond donors (Lipinski definition) is 0. The summed E-state index contributed by atoms with van der Waals surface area (Å²) in [5, 5.41) is 12.3. The Bertz CT molecular complexity index is 1020. The molecule has 0 aromatic heterocycles. The third-order valence-electron chi connectivity index (χ3n) is 5.72. The average Bonchev–Trinajstić information content (AvgIpc) is 2.84. The molecule has 0 unspecified atom stereocenters. The fourth-order valence-corrected chi connectivity index (χ4v) is 4.07. The number of benzene rings is 2. The lowest BCUT2D eigenvalue weighted by molar-refractivity contribution is -0.384. The van der Waals surface area contributed by atoms with Crippen LogP contribution in [0.2, 0.25) is 5.02 Å². The van der Waals surface area contributed by atoms with Crippen molar-refractivity contribution in [2.75, 3.05) is 57.4 Å².